The van der Waals surface area contributed by atoms with Crippen LogP contribution in [0, 0.1) is 12.8 Å². The van der Waals surface area contributed by atoms with Gasteiger partial charge in [0.2, 0.25) is 10.0 Å². The average molecular weight is 284 g/mol. The summed E-state index contributed by atoms with van der Waals surface area (Å²) in [6, 6.07) is 4.81. The van der Waals surface area contributed by atoms with Gasteiger partial charge in [0.05, 0.1) is 11.0 Å². The summed E-state index contributed by atoms with van der Waals surface area (Å²) in [6.07, 6.45) is 0.220. The Kier molecular flexibility index (Phi) is 3.85. The Labute approximate surface area is 114 Å². The van der Waals surface area contributed by atoms with Gasteiger partial charge in [0.1, 0.15) is 0 Å². The molecule has 1 heterocycles. The summed E-state index contributed by atoms with van der Waals surface area (Å²) < 4.78 is 26.5. The number of sulfonamides is 1. The molecule has 0 spiro atoms. The zero-order valence-corrected chi connectivity index (χ0v) is 12.0. The highest BCUT2D eigenvalue weighted by Crippen LogP contribution is 2.28. The first-order valence-corrected chi connectivity index (χ1v) is 7.80. The van der Waals surface area contributed by atoms with Crippen molar-refractivity contribution in [3.05, 3.63) is 23.8 Å². The van der Waals surface area contributed by atoms with Crippen LogP contribution in [-0.4, -0.2) is 37.0 Å². The first kappa shape index (κ1) is 14.3. The molecule has 0 saturated carbocycles. The minimum Gasteiger partial charge on any atom is -0.399 e. The van der Waals surface area contributed by atoms with Gasteiger partial charge in [-0.2, -0.15) is 4.31 Å². The predicted octanol–water partition coefficient (Wildman–Crippen LogP) is 0.969. The van der Waals surface area contributed by atoms with Gasteiger partial charge in [-0.3, -0.25) is 0 Å². The highest BCUT2D eigenvalue weighted by Gasteiger charge is 2.34. The van der Waals surface area contributed by atoms with E-state index in [1.807, 2.05) is 0 Å². The van der Waals surface area contributed by atoms with Crippen molar-refractivity contribution in [2.75, 3.05) is 18.8 Å². The van der Waals surface area contributed by atoms with E-state index in [4.69, 9.17) is 5.73 Å². The third-order valence-corrected chi connectivity index (χ3v) is 5.71. The van der Waals surface area contributed by atoms with Gasteiger partial charge in [-0.1, -0.05) is 0 Å². The summed E-state index contributed by atoms with van der Waals surface area (Å²) in [4.78, 5) is 0.299. The van der Waals surface area contributed by atoms with Gasteiger partial charge in [-0.25, -0.2) is 8.42 Å². The smallest absolute Gasteiger partial charge is 0.243 e. The molecule has 0 aromatic heterocycles. The lowest BCUT2D eigenvalue weighted by Gasteiger charge is -2.19. The minimum absolute atomic E-state index is 0.0175. The van der Waals surface area contributed by atoms with Crippen molar-refractivity contribution in [3.63, 3.8) is 0 Å². The van der Waals surface area contributed by atoms with Crippen LogP contribution in [0.25, 0.3) is 0 Å². The SMILES string of the molecule is Cc1cc(N)ccc1S(=O)(=O)N1CCC(C(C)O)C1. The Morgan fingerprint density at radius 2 is 2.16 bits per heavy atom. The molecule has 2 unspecified atom stereocenters. The van der Waals surface area contributed by atoms with E-state index in [0.717, 1.165) is 0 Å². The standard InChI is InChI=1S/C13H20N2O3S/c1-9-7-12(14)3-4-13(9)19(17,18)15-6-5-11(8-15)10(2)16/h3-4,7,10-11,16H,5-6,8,14H2,1-2H3. The normalized spacial score (nSPS) is 22.6. The van der Waals surface area contributed by atoms with E-state index in [2.05, 4.69) is 0 Å². The first-order chi connectivity index (χ1) is 8.82. The number of aryl methyl sites for hydroxylation is 1. The monoisotopic (exact) mass is 284 g/mol. The van der Waals surface area contributed by atoms with Crippen molar-refractivity contribution in [2.45, 2.75) is 31.3 Å². The Hall–Kier alpha value is -1.11. The van der Waals surface area contributed by atoms with Crippen molar-refractivity contribution in [3.8, 4) is 0 Å². The van der Waals surface area contributed by atoms with Crippen LogP contribution in [0.3, 0.4) is 0 Å². The fraction of sp³-hybridized carbons (Fsp3) is 0.538. The molecule has 19 heavy (non-hydrogen) atoms. The third-order valence-electron chi connectivity index (χ3n) is 3.69. The molecule has 0 amide bonds. The van der Waals surface area contributed by atoms with E-state index in [1.54, 1.807) is 32.0 Å². The summed E-state index contributed by atoms with van der Waals surface area (Å²) in [5, 5.41) is 9.56. The van der Waals surface area contributed by atoms with E-state index in [9.17, 15) is 13.5 Å². The van der Waals surface area contributed by atoms with Crippen LogP contribution in [0.4, 0.5) is 5.69 Å². The lowest BCUT2D eigenvalue weighted by atomic mass is 10.0. The van der Waals surface area contributed by atoms with Crippen LogP contribution in [-0.2, 0) is 10.0 Å². The topological polar surface area (TPSA) is 83.6 Å². The second-order valence-corrected chi connectivity index (χ2v) is 7.08. The Morgan fingerprint density at radius 1 is 1.47 bits per heavy atom. The Balaban J connectivity index is 2.29. The number of aliphatic hydroxyl groups excluding tert-OH is 1. The van der Waals surface area contributed by atoms with Crippen molar-refractivity contribution in [2.24, 2.45) is 5.92 Å². The highest BCUT2D eigenvalue weighted by atomic mass is 32.2. The highest BCUT2D eigenvalue weighted by molar-refractivity contribution is 7.89. The maximum absolute atomic E-state index is 12.5. The number of rotatable bonds is 3. The zero-order valence-electron chi connectivity index (χ0n) is 11.2. The summed E-state index contributed by atoms with van der Waals surface area (Å²) >= 11 is 0. The van der Waals surface area contributed by atoms with E-state index < -0.39 is 16.1 Å². The van der Waals surface area contributed by atoms with Crippen molar-refractivity contribution < 1.29 is 13.5 Å². The molecule has 3 N–H and O–H groups in total. The Morgan fingerprint density at radius 3 is 2.68 bits per heavy atom. The maximum Gasteiger partial charge on any atom is 0.243 e. The fourth-order valence-corrected chi connectivity index (χ4v) is 4.18. The van der Waals surface area contributed by atoms with Crippen LogP contribution in [0.5, 0.6) is 0 Å². The molecule has 1 aromatic carbocycles. The lowest BCUT2D eigenvalue weighted by molar-refractivity contribution is 0.133. The van der Waals surface area contributed by atoms with E-state index >= 15 is 0 Å². The van der Waals surface area contributed by atoms with Gasteiger partial charge in [0, 0.05) is 18.8 Å². The molecule has 6 heteroatoms. The zero-order chi connectivity index (χ0) is 14.2. The number of hydrogen-bond acceptors (Lipinski definition) is 4. The minimum atomic E-state index is -3.49. The summed E-state index contributed by atoms with van der Waals surface area (Å²) in [7, 11) is -3.49. The molecule has 1 aromatic rings. The van der Waals surface area contributed by atoms with Gasteiger partial charge in [-0.15, -0.1) is 0 Å². The van der Waals surface area contributed by atoms with Gasteiger partial charge in [0.15, 0.2) is 0 Å². The van der Waals surface area contributed by atoms with Crippen LogP contribution < -0.4 is 5.73 Å². The third kappa shape index (κ3) is 2.75. The number of nitrogen functional groups attached to an aromatic ring is 1. The first-order valence-electron chi connectivity index (χ1n) is 6.36. The molecule has 0 bridgehead atoms. The van der Waals surface area contributed by atoms with Gasteiger partial charge < -0.3 is 10.8 Å². The van der Waals surface area contributed by atoms with E-state index in [-0.39, 0.29) is 5.92 Å². The van der Waals surface area contributed by atoms with Gasteiger partial charge in [-0.05, 0) is 49.9 Å². The van der Waals surface area contributed by atoms with Crippen LogP contribution in [0.15, 0.2) is 23.1 Å². The van der Waals surface area contributed by atoms with Crippen LogP contribution in [0.2, 0.25) is 0 Å². The molecule has 2 atom stereocenters. The van der Waals surface area contributed by atoms with Crippen molar-refractivity contribution in [1.82, 2.24) is 4.31 Å². The average Bonchev–Trinajstić information content (AvgIpc) is 2.78. The molecule has 106 valence electrons. The number of anilines is 1. The maximum atomic E-state index is 12.5. The summed E-state index contributed by atoms with van der Waals surface area (Å²) in [5.41, 5.74) is 6.85. The fourth-order valence-electron chi connectivity index (χ4n) is 2.47. The van der Waals surface area contributed by atoms with Crippen molar-refractivity contribution >= 4 is 15.7 Å². The molecule has 0 aliphatic carbocycles. The quantitative estimate of drug-likeness (QED) is 0.810. The number of hydrogen-bond donors (Lipinski definition) is 2. The number of benzene rings is 1. The second-order valence-electron chi connectivity index (χ2n) is 5.18. The lowest BCUT2D eigenvalue weighted by Crippen LogP contribution is -2.31. The summed E-state index contributed by atoms with van der Waals surface area (Å²) in [6.45, 7) is 4.28. The molecule has 1 aliphatic rings. The molecule has 1 fully saturated rings. The van der Waals surface area contributed by atoms with Gasteiger partial charge >= 0.3 is 0 Å². The van der Waals surface area contributed by atoms with Crippen LogP contribution in [0.1, 0.15) is 18.9 Å². The molecule has 5 nitrogen and oxygen atoms in total. The summed E-state index contributed by atoms with van der Waals surface area (Å²) in [5.74, 6) is 0.0175. The number of aliphatic hydroxyl groups is 1. The van der Waals surface area contributed by atoms with E-state index in [0.29, 0.717) is 35.7 Å². The molecule has 0 radical (unpaired) electrons. The van der Waals surface area contributed by atoms with Crippen molar-refractivity contribution in [1.29, 1.82) is 0 Å². The molecular formula is C13H20N2O3S. The molecule has 1 saturated heterocycles. The molecule has 1 aliphatic heterocycles. The largest absolute Gasteiger partial charge is 0.399 e. The second kappa shape index (κ2) is 5.11. The van der Waals surface area contributed by atoms with Crippen LogP contribution >= 0.6 is 0 Å². The number of nitrogens with two attached hydrogens (primary N) is 1. The number of nitrogens with zero attached hydrogens (tertiary/aromatic N) is 1. The van der Waals surface area contributed by atoms with Gasteiger partial charge in [0.25, 0.3) is 0 Å². The Bertz CT molecular complexity index is 569. The molecular weight excluding hydrogens is 264 g/mol. The predicted molar refractivity (Wildman–Crippen MR) is 74.1 cm³/mol. The molecule has 2 rings (SSSR count). The van der Waals surface area contributed by atoms with E-state index in [1.165, 1.54) is 4.31 Å².